The monoisotopic (exact) mass is 303 g/mol. The fourth-order valence-corrected chi connectivity index (χ4v) is 4.27. The Labute approximate surface area is 128 Å². The molecule has 21 heavy (non-hydrogen) atoms. The van der Waals surface area contributed by atoms with Crippen LogP contribution in [0.2, 0.25) is 0 Å². The molecule has 112 valence electrons. The summed E-state index contributed by atoms with van der Waals surface area (Å²) in [7, 11) is 0. The summed E-state index contributed by atoms with van der Waals surface area (Å²) in [5, 5.41) is 1.17. The van der Waals surface area contributed by atoms with Crippen LogP contribution in [0.3, 0.4) is 0 Å². The number of carbonyl (C=O) groups excluding carboxylic acids is 1. The van der Waals surface area contributed by atoms with Crippen LogP contribution >= 0.6 is 11.3 Å². The number of nitrogens with one attached hydrogen (secondary N) is 1. The topological polar surface area (TPSA) is 58.4 Å². The minimum Gasteiger partial charge on any atom is -0.294 e. The zero-order chi connectivity index (χ0) is 15.0. The normalized spacial score (nSPS) is 18.2. The van der Waals surface area contributed by atoms with Crippen molar-refractivity contribution in [2.45, 2.75) is 38.8 Å². The highest BCUT2D eigenvalue weighted by atomic mass is 32.1. The first-order valence-electron chi connectivity index (χ1n) is 7.29. The lowest BCUT2D eigenvalue weighted by Gasteiger charge is -2.31. The average Bonchev–Trinajstić information content (AvgIpc) is 3.00. The molecule has 2 heterocycles. The van der Waals surface area contributed by atoms with Crippen molar-refractivity contribution >= 4 is 27.3 Å². The van der Waals surface area contributed by atoms with E-state index in [9.17, 15) is 4.79 Å². The van der Waals surface area contributed by atoms with E-state index in [1.807, 2.05) is 12.1 Å². The summed E-state index contributed by atoms with van der Waals surface area (Å²) in [6.07, 6.45) is 2.42. The number of likely N-dealkylation sites (tertiary alicyclic amines) is 1. The van der Waals surface area contributed by atoms with Crippen molar-refractivity contribution in [3.63, 3.8) is 0 Å². The van der Waals surface area contributed by atoms with Gasteiger partial charge in [-0.15, -0.1) is 11.3 Å². The minimum atomic E-state index is -0.191. The molecule has 0 bridgehead atoms. The van der Waals surface area contributed by atoms with Crippen molar-refractivity contribution in [1.29, 1.82) is 0 Å². The zero-order valence-corrected chi connectivity index (χ0v) is 13.3. The second kappa shape index (κ2) is 5.40. The van der Waals surface area contributed by atoms with Gasteiger partial charge in [-0.05, 0) is 50.2 Å². The Kier molecular flexibility index (Phi) is 3.73. The third-order valence-corrected chi connectivity index (χ3v) is 5.67. The molecule has 0 atom stereocenters. The molecule has 1 aliphatic heterocycles. The molecule has 1 aliphatic rings. The van der Waals surface area contributed by atoms with Crippen molar-refractivity contribution in [2.24, 2.45) is 5.84 Å². The predicted octanol–water partition coefficient (Wildman–Crippen LogP) is 2.88. The molecule has 0 aliphatic carbocycles. The molecule has 1 aromatic carbocycles. The molecule has 3 rings (SSSR count). The third-order valence-electron chi connectivity index (χ3n) is 4.46. The van der Waals surface area contributed by atoms with E-state index in [1.54, 1.807) is 0 Å². The number of amides is 1. The lowest BCUT2D eigenvalue weighted by Crippen LogP contribution is -2.38. The number of carbonyl (C=O) groups is 1. The highest BCUT2D eigenvalue weighted by Gasteiger charge is 2.33. The summed E-state index contributed by atoms with van der Waals surface area (Å²) in [6.45, 7) is 6.44. The van der Waals surface area contributed by atoms with Gasteiger partial charge in [0.1, 0.15) is 0 Å². The summed E-state index contributed by atoms with van der Waals surface area (Å²) in [6, 6.07) is 8.19. The molecule has 0 spiro atoms. The number of rotatable bonds is 3. The number of nitrogens with zero attached hydrogens (tertiary/aromatic N) is 1. The third kappa shape index (κ3) is 2.57. The molecule has 0 unspecified atom stereocenters. The van der Waals surface area contributed by atoms with E-state index >= 15 is 0 Å². The summed E-state index contributed by atoms with van der Waals surface area (Å²) >= 11 is 1.52. The Balaban J connectivity index is 2.05. The van der Waals surface area contributed by atoms with Gasteiger partial charge in [0, 0.05) is 16.8 Å². The van der Waals surface area contributed by atoms with E-state index in [0.29, 0.717) is 0 Å². The van der Waals surface area contributed by atoms with Gasteiger partial charge in [0.15, 0.2) is 0 Å². The molecule has 1 amide bonds. The Hall–Kier alpha value is -1.43. The Morgan fingerprint density at radius 1 is 1.43 bits per heavy atom. The molecule has 5 heteroatoms. The van der Waals surface area contributed by atoms with Crippen molar-refractivity contribution in [1.82, 2.24) is 10.3 Å². The zero-order valence-electron chi connectivity index (χ0n) is 12.5. The van der Waals surface area contributed by atoms with E-state index in [0.717, 1.165) is 28.2 Å². The van der Waals surface area contributed by atoms with Gasteiger partial charge in [0.25, 0.3) is 5.91 Å². The second-order valence-electron chi connectivity index (χ2n) is 6.22. The molecule has 1 fully saturated rings. The van der Waals surface area contributed by atoms with E-state index in [-0.39, 0.29) is 11.4 Å². The fourth-order valence-electron chi connectivity index (χ4n) is 3.15. The summed E-state index contributed by atoms with van der Waals surface area (Å²) in [5.41, 5.74) is 3.58. The number of thiophene rings is 1. The van der Waals surface area contributed by atoms with Crippen molar-refractivity contribution in [3.05, 3.63) is 34.7 Å². The van der Waals surface area contributed by atoms with Crippen LogP contribution < -0.4 is 11.3 Å². The van der Waals surface area contributed by atoms with Gasteiger partial charge in [0.2, 0.25) is 0 Å². The Bertz CT molecular complexity index is 677. The highest BCUT2D eigenvalue weighted by molar-refractivity contribution is 7.21. The van der Waals surface area contributed by atoms with E-state index in [1.165, 1.54) is 29.6 Å². The van der Waals surface area contributed by atoms with Gasteiger partial charge in [-0.1, -0.05) is 18.2 Å². The molecule has 4 nitrogen and oxygen atoms in total. The molecule has 1 aromatic heterocycles. The lowest BCUT2D eigenvalue weighted by molar-refractivity contribution is 0.0954. The summed E-state index contributed by atoms with van der Waals surface area (Å²) < 4.78 is 1.14. The first-order valence-corrected chi connectivity index (χ1v) is 8.11. The van der Waals surface area contributed by atoms with Crippen LogP contribution in [0.5, 0.6) is 0 Å². The number of fused-ring (bicyclic) bond motifs is 1. The molecule has 0 saturated carbocycles. The Morgan fingerprint density at radius 3 is 2.86 bits per heavy atom. The summed E-state index contributed by atoms with van der Waals surface area (Å²) in [5.74, 6) is 5.16. The van der Waals surface area contributed by atoms with Gasteiger partial charge in [-0.3, -0.25) is 15.1 Å². The number of benzene rings is 1. The molecule has 0 radical (unpaired) electrons. The molecule has 3 N–H and O–H groups in total. The maximum Gasteiger partial charge on any atom is 0.275 e. The SMILES string of the molecule is CC1(C)CCCN1Cc1c(C(=O)NN)sc2ccccc12. The maximum atomic E-state index is 12.1. The average molecular weight is 303 g/mol. The van der Waals surface area contributed by atoms with Gasteiger partial charge >= 0.3 is 0 Å². The first kappa shape index (κ1) is 14.5. The molecular weight excluding hydrogens is 282 g/mol. The van der Waals surface area contributed by atoms with Crippen LogP contribution in [0.4, 0.5) is 0 Å². The smallest absolute Gasteiger partial charge is 0.275 e. The van der Waals surface area contributed by atoms with Gasteiger partial charge in [0.05, 0.1) is 4.88 Å². The quantitative estimate of drug-likeness (QED) is 0.521. The van der Waals surface area contributed by atoms with Crippen LogP contribution in [0, 0.1) is 0 Å². The summed E-state index contributed by atoms with van der Waals surface area (Å²) in [4.78, 5) is 15.3. The Morgan fingerprint density at radius 2 is 2.19 bits per heavy atom. The first-order chi connectivity index (χ1) is 10.0. The number of nitrogens with two attached hydrogens (primary N) is 1. The number of hydrogen-bond acceptors (Lipinski definition) is 4. The van der Waals surface area contributed by atoms with Crippen molar-refractivity contribution < 1.29 is 4.79 Å². The van der Waals surface area contributed by atoms with Crippen LogP contribution in [-0.4, -0.2) is 22.9 Å². The van der Waals surface area contributed by atoms with Crippen LogP contribution in [0.25, 0.3) is 10.1 Å². The molecular formula is C16H21N3OS. The van der Waals surface area contributed by atoms with E-state index in [2.05, 4.69) is 36.3 Å². The van der Waals surface area contributed by atoms with E-state index in [4.69, 9.17) is 5.84 Å². The van der Waals surface area contributed by atoms with Crippen molar-refractivity contribution in [2.75, 3.05) is 6.54 Å². The number of hydrogen-bond donors (Lipinski definition) is 2. The van der Waals surface area contributed by atoms with E-state index < -0.39 is 0 Å². The number of nitrogen functional groups attached to an aromatic ring is 1. The standard InChI is InChI=1S/C16H21N3OS/c1-16(2)8-5-9-19(16)10-12-11-6-3-4-7-13(11)21-14(12)15(20)18-17/h3-4,6-7H,5,8-10,17H2,1-2H3,(H,18,20). The molecule has 2 aromatic rings. The highest BCUT2D eigenvalue weighted by Crippen LogP contribution is 2.36. The minimum absolute atomic E-state index is 0.191. The van der Waals surface area contributed by atoms with Gasteiger partial charge < -0.3 is 0 Å². The number of hydrazine groups is 1. The van der Waals surface area contributed by atoms with Crippen molar-refractivity contribution in [3.8, 4) is 0 Å². The van der Waals surface area contributed by atoms with Gasteiger partial charge in [-0.25, -0.2) is 5.84 Å². The lowest BCUT2D eigenvalue weighted by atomic mass is 10.0. The van der Waals surface area contributed by atoms with Gasteiger partial charge in [-0.2, -0.15) is 0 Å². The van der Waals surface area contributed by atoms with Crippen LogP contribution in [0.15, 0.2) is 24.3 Å². The molecule has 1 saturated heterocycles. The predicted molar refractivity (Wildman–Crippen MR) is 87.2 cm³/mol. The fraction of sp³-hybridized carbons (Fsp3) is 0.438. The van der Waals surface area contributed by atoms with Crippen LogP contribution in [0.1, 0.15) is 41.9 Å². The van der Waals surface area contributed by atoms with Crippen LogP contribution in [-0.2, 0) is 6.54 Å². The second-order valence-corrected chi connectivity index (χ2v) is 7.27. The largest absolute Gasteiger partial charge is 0.294 e. The maximum absolute atomic E-state index is 12.1.